The highest BCUT2D eigenvalue weighted by Gasteiger charge is 2.51. The number of fused-ring (bicyclic) bond motifs is 4. The minimum Gasteiger partial charge on any atom is -0.310 e. The van der Waals surface area contributed by atoms with Crippen molar-refractivity contribution in [3.05, 3.63) is 188 Å². The summed E-state index contributed by atoms with van der Waals surface area (Å²) in [6.07, 6.45) is 8.69. The average Bonchev–Trinajstić information content (AvgIpc) is 3.66. The number of thiophene rings is 1. The van der Waals surface area contributed by atoms with Gasteiger partial charge in [0.2, 0.25) is 0 Å². The lowest BCUT2D eigenvalue weighted by atomic mass is 9.48. The number of hydrogen-bond acceptors (Lipinski definition) is 2. The first kappa shape index (κ1) is 34.1. The Morgan fingerprint density at radius 3 is 1.57 bits per heavy atom. The fourth-order valence-corrected chi connectivity index (χ4v) is 13.0. The Balaban J connectivity index is 0.936. The minimum absolute atomic E-state index is 0.428. The third kappa shape index (κ3) is 5.64. The van der Waals surface area contributed by atoms with E-state index in [-0.39, 0.29) is 0 Å². The van der Waals surface area contributed by atoms with Gasteiger partial charge in [0.05, 0.1) is 5.69 Å². The number of rotatable bonds is 7. The van der Waals surface area contributed by atoms with Gasteiger partial charge in [-0.1, -0.05) is 140 Å². The molecule has 0 amide bonds. The highest BCUT2D eigenvalue weighted by molar-refractivity contribution is 7.26. The Labute approximate surface area is 345 Å². The summed E-state index contributed by atoms with van der Waals surface area (Å²) in [7, 11) is 0. The fourth-order valence-electron chi connectivity index (χ4n) is 11.9. The van der Waals surface area contributed by atoms with Gasteiger partial charge in [0.1, 0.15) is 0 Å². The van der Waals surface area contributed by atoms with Crippen LogP contribution in [-0.2, 0) is 5.41 Å². The molecule has 0 radical (unpaired) electrons. The number of anilines is 3. The van der Waals surface area contributed by atoms with E-state index < -0.39 is 0 Å². The molecule has 58 heavy (non-hydrogen) atoms. The predicted molar refractivity (Wildman–Crippen MR) is 248 cm³/mol. The van der Waals surface area contributed by atoms with E-state index in [1.54, 1.807) is 5.56 Å². The molecule has 4 fully saturated rings. The van der Waals surface area contributed by atoms with Gasteiger partial charge < -0.3 is 4.90 Å². The lowest BCUT2D eigenvalue weighted by Gasteiger charge is -2.57. The van der Waals surface area contributed by atoms with Crippen LogP contribution < -0.4 is 4.90 Å². The minimum atomic E-state index is 0.428. The molecule has 4 bridgehead atoms. The molecule has 1 aromatic heterocycles. The van der Waals surface area contributed by atoms with Crippen LogP contribution in [0, 0.1) is 17.8 Å². The first-order valence-electron chi connectivity index (χ1n) is 21.2. The highest BCUT2D eigenvalue weighted by atomic mass is 32.1. The van der Waals surface area contributed by atoms with Crippen molar-refractivity contribution < 1.29 is 0 Å². The average molecular weight is 764 g/mol. The molecule has 280 valence electrons. The molecule has 9 aromatic rings. The van der Waals surface area contributed by atoms with E-state index in [0.29, 0.717) is 5.41 Å². The molecule has 0 N–H and O–H groups in total. The van der Waals surface area contributed by atoms with Gasteiger partial charge in [-0.15, -0.1) is 11.3 Å². The number of benzene rings is 8. The van der Waals surface area contributed by atoms with E-state index in [0.717, 1.165) is 29.1 Å². The van der Waals surface area contributed by atoms with Gasteiger partial charge in [-0.05, 0) is 154 Å². The van der Waals surface area contributed by atoms with Crippen molar-refractivity contribution in [2.75, 3.05) is 4.90 Å². The second kappa shape index (κ2) is 13.6. The van der Waals surface area contributed by atoms with E-state index >= 15 is 0 Å². The van der Waals surface area contributed by atoms with Crippen molar-refractivity contribution in [1.82, 2.24) is 0 Å². The zero-order valence-electron chi connectivity index (χ0n) is 32.7. The molecule has 4 aliphatic carbocycles. The van der Waals surface area contributed by atoms with Gasteiger partial charge in [-0.3, -0.25) is 0 Å². The quantitative estimate of drug-likeness (QED) is 0.156. The van der Waals surface area contributed by atoms with E-state index in [1.807, 2.05) is 11.3 Å². The summed E-state index contributed by atoms with van der Waals surface area (Å²) in [6, 6.07) is 68.0. The van der Waals surface area contributed by atoms with Crippen LogP contribution in [0.15, 0.2) is 182 Å². The number of hydrogen-bond donors (Lipinski definition) is 0. The zero-order chi connectivity index (χ0) is 38.2. The van der Waals surface area contributed by atoms with E-state index in [2.05, 4.69) is 187 Å². The van der Waals surface area contributed by atoms with E-state index in [4.69, 9.17) is 0 Å². The molecule has 4 aliphatic rings. The Bertz CT molecular complexity index is 2920. The van der Waals surface area contributed by atoms with Crippen molar-refractivity contribution in [1.29, 1.82) is 0 Å². The molecular formula is C56H45NS. The smallest absolute Gasteiger partial charge is 0.0554 e. The van der Waals surface area contributed by atoms with E-state index in [1.165, 1.54) is 109 Å². The van der Waals surface area contributed by atoms with Crippen LogP contribution in [0.3, 0.4) is 0 Å². The summed E-state index contributed by atoms with van der Waals surface area (Å²) in [5.41, 5.74) is 13.0. The van der Waals surface area contributed by atoms with Crippen molar-refractivity contribution in [3.63, 3.8) is 0 Å². The van der Waals surface area contributed by atoms with E-state index in [9.17, 15) is 0 Å². The molecule has 0 unspecified atom stereocenters. The van der Waals surface area contributed by atoms with Gasteiger partial charge in [-0.25, -0.2) is 0 Å². The molecule has 0 atom stereocenters. The van der Waals surface area contributed by atoms with Crippen LogP contribution in [0.5, 0.6) is 0 Å². The molecule has 0 aliphatic heterocycles. The summed E-state index contributed by atoms with van der Waals surface area (Å²) >= 11 is 1.88. The Morgan fingerprint density at radius 2 is 0.931 bits per heavy atom. The Hall–Kier alpha value is -5.96. The first-order chi connectivity index (χ1) is 28.7. The molecule has 4 saturated carbocycles. The molecule has 1 nitrogen and oxygen atoms in total. The lowest BCUT2D eigenvalue weighted by molar-refractivity contribution is -0.00518. The van der Waals surface area contributed by atoms with Gasteiger partial charge >= 0.3 is 0 Å². The summed E-state index contributed by atoms with van der Waals surface area (Å²) in [5, 5.41) is 5.15. The molecule has 2 heteroatoms. The molecule has 0 saturated heterocycles. The molecule has 0 spiro atoms. The normalized spacial score (nSPS) is 20.9. The van der Waals surface area contributed by atoms with Crippen LogP contribution in [0.4, 0.5) is 17.1 Å². The summed E-state index contributed by atoms with van der Waals surface area (Å²) in [6.45, 7) is 0. The van der Waals surface area contributed by atoms with Crippen LogP contribution in [-0.4, -0.2) is 0 Å². The molecule has 13 rings (SSSR count). The van der Waals surface area contributed by atoms with Gasteiger partial charge in [0.15, 0.2) is 0 Å². The van der Waals surface area contributed by atoms with Crippen molar-refractivity contribution >= 4 is 59.3 Å². The second-order valence-electron chi connectivity index (χ2n) is 17.5. The fraction of sp³-hybridized carbons (Fsp3) is 0.179. The predicted octanol–water partition coefficient (Wildman–Crippen LogP) is 16.1. The summed E-state index contributed by atoms with van der Waals surface area (Å²) in [4.78, 5) is 2.46. The van der Waals surface area contributed by atoms with Gasteiger partial charge in [0.25, 0.3) is 0 Å². The SMILES string of the molecule is c1ccc(-c2cccc3cccc(-c4ccc(N(c5ccc(-c6ccc(C78CC9CC(CC(C9)C7)C8)cc6)cc5)c5cccc6sc7ccccc7c56)cc4)c23)cc1. The molecule has 1 heterocycles. The lowest BCUT2D eigenvalue weighted by Crippen LogP contribution is -2.48. The van der Waals surface area contributed by atoms with Crippen LogP contribution >= 0.6 is 11.3 Å². The third-order valence-corrected chi connectivity index (χ3v) is 15.2. The Kier molecular flexibility index (Phi) is 7.98. The summed E-state index contributed by atoms with van der Waals surface area (Å²) < 4.78 is 2.62. The molecule has 8 aromatic carbocycles. The monoisotopic (exact) mass is 763 g/mol. The van der Waals surface area contributed by atoms with Crippen LogP contribution in [0.2, 0.25) is 0 Å². The van der Waals surface area contributed by atoms with Crippen molar-refractivity contribution in [2.45, 2.75) is 43.9 Å². The topological polar surface area (TPSA) is 3.24 Å². The number of nitrogens with zero attached hydrogens (tertiary/aromatic N) is 1. The summed E-state index contributed by atoms with van der Waals surface area (Å²) in [5.74, 6) is 2.88. The van der Waals surface area contributed by atoms with Gasteiger partial charge in [-0.2, -0.15) is 0 Å². The maximum atomic E-state index is 2.48. The van der Waals surface area contributed by atoms with Crippen LogP contribution in [0.1, 0.15) is 44.1 Å². The van der Waals surface area contributed by atoms with Gasteiger partial charge in [0, 0.05) is 31.5 Å². The van der Waals surface area contributed by atoms with Crippen LogP contribution in [0.25, 0.3) is 64.3 Å². The highest BCUT2D eigenvalue weighted by Crippen LogP contribution is 2.61. The van der Waals surface area contributed by atoms with Crippen molar-refractivity contribution in [3.8, 4) is 33.4 Å². The standard InChI is InChI=1S/C56H45NS/c1-2-9-42(10-3-1)48-14-6-11-44-12-7-15-49(54(44)48)43-23-29-47(30-24-43)57(51-16-8-18-53-55(51)50-13-4-5-17-52(50)58-53)46-27-21-41(22-28-46)40-19-25-45(26-20-40)56-34-37-31-38(35-56)33-39(32-37)36-56/h1-30,37-39H,31-36H2. The first-order valence-corrected chi connectivity index (χ1v) is 22.1. The zero-order valence-corrected chi connectivity index (χ0v) is 33.5. The Morgan fingerprint density at radius 1 is 0.414 bits per heavy atom. The molecular weight excluding hydrogens is 719 g/mol. The maximum Gasteiger partial charge on any atom is 0.0554 e. The largest absolute Gasteiger partial charge is 0.310 e. The third-order valence-electron chi connectivity index (χ3n) is 14.0. The van der Waals surface area contributed by atoms with Crippen molar-refractivity contribution in [2.24, 2.45) is 17.8 Å². The second-order valence-corrected chi connectivity index (χ2v) is 18.6. The maximum absolute atomic E-state index is 2.48.